The topological polar surface area (TPSA) is 74.6 Å². The monoisotopic (exact) mass is 535 g/mol. The predicted molar refractivity (Wildman–Crippen MR) is 145 cm³/mol. The first kappa shape index (κ1) is 27.4. The molecule has 9 heteroatoms. The van der Waals surface area contributed by atoms with Crippen molar-refractivity contribution in [2.24, 2.45) is 0 Å². The van der Waals surface area contributed by atoms with Crippen molar-refractivity contribution in [2.75, 3.05) is 19.0 Å². The van der Waals surface area contributed by atoms with Gasteiger partial charge in [0.25, 0.3) is 0 Å². The Bertz CT molecular complexity index is 1360. The van der Waals surface area contributed by atoms with Crippen molar-refractivity contribution in [3.05, 3.63) is 71.4 Å². The second-order valence-electron chi connectivity index (χ2n) is 8.92. The maximum Gasteiger partial charge on any atom is 0.356 e. The first-order valence-electron chi connectivity index (χ1n) is 11.3. The number of nitrogens with zero attached hydrogens (tertiary/aromatic N) is 1. The summed E-state index contributed by atoms with van der Waals surface area (Å²) in [6.45, 7) is 13.9. The number of carbonyl (C=O) groups is 1. The predicted octanol–water partition coefficient (Wildman–Crippen LogP) is 5.52. The molecule has 0 radical (unpaired) electrons. The zero-order chi connectivity index (χ0) is 26.0. The number of carbonyl (C=O) groups excluding carboxylic acids is 1. The fraction of sp³-hybridized carbons (Fsp3) is 0.346. The highest BCUT2D eigenvalue weighted by Crippen LogP contribution is 2.42. The van der Waals surface area contributed by atoms with Gasteiger partial charge in [-0.05, 0) is 49.1 Å². The van der Waals surface area contributed by atoms with E-state index in [-0.39, 0.29) is 23.5 Å². The fourth-order valence-corrected chi connectivity index (χ4v) is 7.46. The lowest BCUT2D eigenvalue weighted by atomic mass is 9.87. The van der Waals surface area contributed by atoms with E-state index < -0.39 is 24.1 Å². The van der Waals surface area contributed by atoms with Crippen LogP contribution in [0, 0.1) is 0 Å². The number of ether oxygens (including phenoxy) is 1. The molecule has 3 aromatic rings. The zero-order valence-electron chi connectivity index (χ0n) is 20.7. The van der Waals surface area contributed by atoms with Gasteiger partial charge >= 0.3 is 5.97 Å². The third kappa shape index (κ3) is 5.64. The number of halogens is 1. The van der Waals surface area contributed by atoms with Crippen LogP contribution in [0.3, 0.4) is 0 Å². The van der Waals surface area contributed by atoms with E-state index in [2.05, 4.69) is 33.4 Å². The summed E-state index contributed by atoms with van der Waals surface area (Å²) in [7, 11) is -5.57. The third-order valence-electron chi connectivity index (χ3n) is 5.34. The molecule has 0 amide bonds. The Kier molecular flexibility index (Phi) is 8.48. The van der Waals surface area contributed by atoms with Gasteiger partial charge in [0.05, 0.1) is 26.0 Å². The molecule has 3 rings (SSSR count). The number of rotatable bonds is 9. The standard InChI is InChI=1S/C26H31ClNO5PS/c1-7-15-35(30,31)28-22-14-13-19(27)17-21(22)24(23(28)25(29)32-8-2)34(33-9-3)20-12-10-11-18(16-20)26(4,5)6/h7,10-14,16-17H,1,8-9,15H2,2-6H3. The SMILES string of the molecule is C=CCS(=O)(=O)n1c(C(=O)OCC)c(P(OCC)c2cccc(C(C)(C)C)c2)c2cc(Cl)ccc21. The van der Waals surface area contributed by atoms with Crippen LogP contribution in [0.25, 0.3) is 10.9 Å². The third-order valence-corrected chi connectivity index (χ3v) is 9.29. The molecule has 0 fully saturated rings. The van der Waals surface area contributed by atoms with Crippen LogP contribution in [0.4, 0.5) is 0 Å². The Morgan fingerprint density at radius 3 is 2.46 bits per heavy atom. The molecule has 1 aromatic heterocycles. The van der Waals surface area contributed by atoms with Gasteiger partial charge in [-0.15, -0.1) is 6.58 Å². The molecule has 0 aliphatic rings. The first-order chi connectivity index (χ1) is 16.5. The molecular weight excluding hydrogens is 505 g/mol. The lowest BCUT2D eigenvalue weighted by Crippen LogP contribution is -2.27. The number of hydrogen-bond donors (Lipinski definition) is 0. The molecule has 188 valence electrons. The van der Waals surface area contributed by atoms with E-state index in [1.165, 1.54) is 6.08 Å². The molecule has 0 aliphatic heterocycles. The Balaban J connectivity index is 2.48. The second-order valence-corrected chi connectivity index (χ2v) is 13.0. The molecule has 2 aromatic carbocycles. The van der Waals surface area contributed by atoms with Crippen molar-refractivity contribution in [2.45, 2.75) is 40.0 Å². The number of hydrogen-bond acceptors (Lipinski definition) is 5. The van der Waals surface area contributed by atoms with Crippen LogP contribution in [0.15, 0.2) is 55.1 Å². The highest BCUT2D eigenvalue weighted by atomic mass is 35.5. The summed E-state index contributed by atoms with van der Waals surface area (Å²) in [5.74, 6) is -1.08. The van der Waals surface area contributed by atoms with Crippen molar-refractivity contribution < 1.29 is 22.5 Å². The fourth-order valence-electron chi connectivity index (χ4n) is 3.81. The van der Waals surface area contributed by atoms with Gasteiger partial charge in [-0.2, -0.15) is 0 Å². The van der Waals surface area contributed by atoms with Crippen LogP contribution < -0.4 is 10.6 Å². The van der Waals surface area contributed by atoms with E-state index in [1.807, 2.05) is 25.1 Å². The van der Waals surface area contributed by atoms with Crippen LogP contribution in [0.5, 0.6) is 0 Å². The quantitative estimate of drug-likeness (QED) is 0.205. The number of aromatic nitrogens is 1. The van der Waals surface area contributed by atoms with Crippen LogP contribution in [0.1, 0.15) is 50.7 Å². The largest absolute Gasteiger partial charge is 0.461 e. The van der Waals surface area contributed by atoms with E-state index in [0.29, 0.717) is 27.8 Å². The summed E-state index contributed by atoms with van der Waals surface area (Å²) in [5, 5.41) is 2.28. The van der Waals surface area contributed by atoms with Gasteiger partial charge in [-0.25, -0.2) is 17.2 Å². The Labute approximate surface area is 213 Å². The summed E-state index contributed by atoms with van der Waals surface area (Å²) in [6, 6.07) is 12.9. The Morgan fingerprint density at radius 1 is 1.14 bits per heavy atom. The highest BCUT2D eigenvalue weighted by Gasteiger charge is 2.35. The molecule has 0 saturated heterocycles. The van der Waals surface area contributed by atoms with E-state index in [1.54, 1.807) is 25.1 Å². The van der Waals surface area contributed by atoms with Gasteiger partial charge in [-0.3, -0.25) is 0 Å². The van der Waals surface area contributed by atoms with Gasteiger partial charge in [0.15, 0.2) is 5.69 Å². The molecular formula is C26H31ClNO5PS. The van der Waals surface area contributed by atoms with Crippen LogP contribution in [0.2, 0.25) is 5.02 Å². The van der Waals surface area contributed by atoms with Gasteiger partial charge in [0, 0.05) is 27.6 Å². The van der Waals surface area contributed by atoms with Crippen LogP contribution in [-0.2, 0) is 24.7 Å². The lowest BCUT2D eigenvalue weighted by Gasteiger charge is -2.23. The minimum absolute atomic E-state index is 0.0633. The van der Waals surface area contributed by atoms with Crippen molar-refractivity contribution in [3.63, 3.8) is 0 Å². The van der Waals surface area contributed by atoms with E-state index >= 15 is 0 Å². The van der Waals surface area contributed by atoms with Crippen molar-refractivity contribution >= 4 is 57.3 Å². The summed E-state index contributed by atoms with van der Waals surface area (Å²) < 4.78 is 39.5. The first-order valence-corrected chi connectivity index (χ1v) is 14.6. The zero-order valence-corrected chi connectivity index (χ0v) is 23.1. The van der Waals surface area contributed by atoms with Gasteiger partial charge in [-0.1, -0.05) is 56.6 Å². The van der Waals surface area contributed by atoms with Gasteiger partial charge < -0.3 is 9.26 Å². The average molecular weight is 536 g/mol. The minimum atomic E-state index is -3.98. The summed E-state index contributed by atoms with van der Waals surface area (Å²) in [5.41, 5.74) is 1.26. The molecule has 0 spiro atoms. The Hall–Kier alpha value is -2.18. The van der Waals surface area contributed by atoms with Crippen molar-refractivity contribution in [1.29, 1.82) is 0 Å². The van der Waals surface area contributed by atoms with Crippen LogP contribution in [-0.4, -0.2) is 37.3 Å². The van der Waals surface area contributed by atoms with E-state index in [9.17, 15) is 13.2 Å². The molecule has 1 unspecified atom stereocenters. The van der Waals surface area contributed by atoms with Crippen LogP contribution >= 0.6 is 19.7 Å². The van der Waals surface area contributed by atoms with Crippen molar-refractivity contribution in [3.8, 4) is 0 Å². The van der Waals surface area contributed by atoms with Gasteiger partial charge in [0.1, 0.15) is 0 Å². The molecule has 1 atom stereocenters. The summed E-state index contributed by atoms with van der Waals surface area (Å²) in [6.07, 6.45) is 1.30. The normalized spacial score (nSPS) is 13.1. The summed E-state index contributed by atoms with van der Waals surface area (Å²) >= 11 is 6.36. The number of benzene rings is 2. The smallest absolute Gasteiger partial charge is 0.356 e. The molecule has 35 heavy (non-hydrogen) atoms. The number of esters is 1. The van der Waals surface area contributed by atoms with Gasteiger partial charge in [0.2, 0.25) is 10.0 Å². The van der Waals surface area contributed by atoms with E-state index in [4.69, 9.17) is 20.9 Å². The molecule has 6 nitrogen and oxygen atoms in total. The maximum absolute atomic E-state index is 13.4. The molecule has 0 saturated carbocycles. The molecule has 0 aliphatic carbocycles. The highest BCUT2D eigenvalue weighted by molar-refractivity contribution is 7.90. The minimum Gasteiger partial charge on any atom is -0.461 e. The molecule has 1 heterocycles. The summed E-state index contributed by atoms with van der Waals surface area (Å²) in [4.78, 5) is 13.3. The maximum atomic E-state index is 13.4. The van der Waals surface area contributed by atoms with E-state index in [0.717, 1.165) is 14.8 Å². The molecule has 0 bridgehead atoms. The second kappa shape index (κ2) is 10.8. The lowest BCUT2D eigenvalue weighted by molar-refractivity contribution is 0.0520. The average Bonchev–Trinajstić information content (AvgIpc) is 3.12. The number of fused-ring (bicyclic) bond motifs is 1. The van der Waals surface area contributed by atoms with Crippen molar-refractivity contribution in [1.82, 2.24) is 3.97 Å². The Morgan fingerprint density at radius 2 is 1.86 bits per heavy atom. The molecule has 0 N–H and O–H groups in total.